The summed E-state index contributed by atoms with van der Waals surface area (Å²) in [5.74, 6) is -1.95. The van der Waals surface area contributed by atoms with Crippen LogP contribution in [-0.4, -0.2) is 16.2 Å². The van der Waals surface area contributed by atoms with Crippen LogP contribution in [0.4, 0.5) is 0 Å². The summed E-state index contributed by atoms with van der Waals surface area (Å²) in [6, 6.07) is 4.68. The number of halogens is 2. The summed E-state index contributed by atoms with van der Waals surface area (Å²) in [5, 5.41) is 20.7. The molecule has 5 heteroatoms. The van der Waals surface area contributed by atoms with E-state index in [-0.39, 0.29) is 0 Å². The molecule has 0 aliphatic heterocycles. The van der Waals surface area contributed by atoms with Gasteiger partial charge in [-0.3, -0.25) is 4.79 Å². The zero-order valence-electron chi connectivity index (χ0n) is 11.0. The van der Waals surface area contributed by atoms with Crippen molar-refractivity contribution in [2.75, 3.05) is 0 Å². The van der Waals surface area contributed by atoms with E-state index in [0.29, 0.717) is 22.0 Å². The zero-order chi connectivity index (χ0) is 14.6. The lowest BCUT2D eigenvalue weighted by atomic mass is 9.80. The summed E-state index contributed by atoms with van der Waals surface area (Å²) in [5.41, 5.74) is -1.20. The quantitative estimate of drug-likeness (QED) is 0.832. The molecule has 0 aromatic heterocycles. The van der Waals surface area contributed by atoms with Crippen molar-refractivity contribution in [2.45, 2.75) is 38.7 Å². The molecule has 0 aliphatic carbocycles. The van der Waals surface area contributed by atoms with Gasteiger partial charge in [0.15, 0.2) is 0 Å². The van der Waals surface area contributed by atoms with E-state index in [9.17, 15) is 15.0 Å². The van der Waals surface area contributed by atoms with Crippen molar-refractivity contribution < 1.29 is 15.0 Å². The number of carboxylic acid groups (broad SMARTS) is 1. The summed E-state index contributed by atoms with van der Waals surface area (Å²) >= 11 is 11.9. The van der Waals surface area contributed by atoms with Crippen LogP contribution in [0.1, 0.15) is 38.7 Å². The minimum Gasteiger partial charge on any atom is -0.481 e. The normalized spacial score (nSPS) is 15.8. The van der Waals surface area contributed by atoms with Gasteiger partial charge in [0, 0.05) is 15.6 Å². The minimum absolute atomic E-state index is 0.317. The summed E-state index contributed by atoms with van der Waals surface area (Å²) in [7, 11) is 0. The average molecular weight is 305 g/mol. The van der Waals surface area contributed by atoms with Gasteiger partial charge in [-0.05, 0) is 31.5 Å². The minimum atomic E-state index is -1.55. The smallest absolute Gasteiger partial charge is 0.309 e. The number of aliphatic hydroxyl groups is 1. The lowest BCUT2D eigenvalue weighted by molar-refractivity contribution is -0.152. The molecule has 0 amide bonds. The molecule has 0 saturated carbocycles. The Hall–Kier alpha value is -0.770. The van der Waals surface area contributed by atoms with Crippen molar-refractivity contribution in [3.63, 3.8) is 0 Å². The van der Waals surface area contributed by atoms with Gasteiger partial charge in [0.1, 0.15) is 5.60 Å². The molecule has 1 aromatic rings. The maximum atomic E-state index is 11.4. The van der Waals surface area contributed by atoms with Gasteiger partial charge in [-0.15, -0.1) is 0 Å². The molecule has 19 heavy (non-hydrogen) atoms. The highest BCUT2D eigenvalue weighted by Crippen LogP contribution is 2.38. The van der Waals surface area contributed by atoms with Crippen LogP contribution < -0.4 is 0 Å². The van der Waals surface area contributed by atoms with Crippen molar-refractivity contribution in [2.24, 2.45) is 5.92 Å². The highest BCUT2D eigenvalue weighted by atomic mass is 35.5. The largest absolute Gasteiger partial charge is 0.481 e. The third-order valence-electron chi connectivity index (χ3n) is 3.30. The monoisotopic (exact) mass is 304 g/mol. The standard InChI is InChI=1S/C14H18Cl2O3/c1-3-4-5-10(13(17)18)14(2,19)11-8-9(15)6-7-12(11)16/h6-8,10,19H,3-5H2,1-2H3,(H,17,18). The summed E-state index contributed by atoms with van der Waals surface area (Å²) in [4.78, 5) is 11.4. The molecule has 2 N–H and O–H groups in total. The molecular weight excluding hydrogens is 287 g/mol. The third kappa shape index (κ3) is 3.85. The Kier molecular flexibility index (Phi) is 5.65. The van der Waals surface area contributed by atoms with Crippen molar-refractivity contribution >= 4 is 29.2 Å². The summed E-state index contributed by atoms with van der Waals surface area (Å²) in [6.45, 7) is 3.44. The molecule has 3 nitrogen and oxygen atoms in total. The Morgan fingerprint density at radius 3 is 2.58 bits per heavy atom. The molecule has 1 aromatic carbocycles. The van der Waals surface area contributed by atoms with Crippen molar-refractivity contribution in [1.82, 2.24) is 0 Å². The third-order valence-corrected chi connectivity index (χ3v) is 3.86. The second kappa shape index (κ2) is 6.60. The number of hydrogen-bond acceptors (Lipinski definition) is 2. The summed E-state index contributed by atoms with van der Waals surface area (Å²) in [6.07, 6.45) is 1.98. The first kappa shape index (κ1) is 16.3. The van der Waals surface area contributed by atoms with E-state index >= 15 is 0 Å². The van der Waals surface area contributed by atoms with E-state index in [4.69, 9.17) is 23.2 Å². The number of aliphatic carboxylic acids is 1. The molecule has 0 fully saturated rings. The maximum Gasteiger partial charge on any atom is 0.309 e. The van der Waals surface area contributed by atoms with Crippen LogP contribution in [0, 0.1) is 5.92 Å². The van der Waals surface area contributed by atoms with Crippen LogP contribution >= 0.6 is 23.2 Å². The number of carbonyl (C=O) groups is 1. The van der Waals surface area contributed by atoms with E-state index < -0.39 is 17.5 Å². The molecule has 0 aliphatic rings. The Bertz CT molecular complexity index is 458. The molecule has 0 heterocycles. The van der Waals surface area contributed by atoms with Crippen LogP contribution in [0.15, 0.2) is 18.2 Å². The van der Waals surface area contributed by atoms with Crippen LogP contribution in [0.3, 0.4) is 0 Å². The fourth-order valence-electron chi connectivity index (χ4n) is 2.13. The molecule has 1 rings (SSSR count). The lowest BCUT2D eigenvalue weighted by Gasteiger charge is -2.31. The molecular formula is C14H18Cl2O3. The number of unbranched alkanes of at least 4 members (excludes halogenated alkanes) is 1. The maximum absolute atomic E-state index is 11.4. The molecule has 0 bridgehead atoms. The Morgan fingerprint density at radius 1 is 1.42 bits per heavy atom. The number of carboxylic acids is 1. The van der Waals surface area contributed by atoms with Crippen LogP contribution in [0.2, 0.25) is 10.0 Å². The number of hydrogen-bond donors (Lipinski definition) is 2. The fourth-order valence-corrected chi connectivity index (χ4v) is 2.61. The SMILES string of the molecule is CCCCC(C(=O)O)C(C)(O)c1cc(Cl)ccc1Cl. The van der Waals surface area contributed by atoms with Crippen LogP contribution in [0.5, 0.6) is 0 Å². The van der Waals surface area contributed by atoms with Gasteiger partial charge in [-0.1, -0.05) is 43.0 Å². The van der Waals surface area contributed by atoms with Gasteiger partial charge >= 0.3 is 5.97 Å². The lowest BCUT2D eigenvalue weighted by Crippen LogP contribution is -2.37. The first-order chi connectivity index (χ1) is 8.80. The number of rotatable bonds is 6. The number of benzene rings is 1. The topological polar surface area (TPSA) is 57.5 Å². The fraction of sp³-hybridized carbons (Fsp3) is 0.500. The van der Waals surface area contributed by atoms with Gasteiger partial charge in [0.25, 0.3) is 0 Å². The van der Waals surface area contributed by atoms with Gasteiger partial charge in [0.05, 0.1) is 5.92 Å². The van der Waals surface area contributed by atoms with Gasteiger partial charge in [-0.25, -0.2) is 0 Å². The second-order valence-corrected chi connectivity index (χ2v) is 5.65. The van der Waals surface area contributed by atoms with Gasteiger partial charge in [0.2, 0.25) is 0 Å². The predicted molar refractivity (Wildman–Crippen MR) is 76.7 cm³/mol. The highest BCUT2D eigenvalue weighted by molar-refractivity contribution is 6.33. The van der Waals surface area contributed by atoms with Crippen molar-refractivity contribution in [3.8, 4) is 0 Å². The van der Waals surface area contributed by atoms with Crippen LogP contribution in [0.25, 0.3) is 0 Å². The van der Waals surface area contributed by atoms with E-state index in [0.717, 1.165) is 12.8 Å². The second-order valence-electron chi connectivity index (χ2n) is 4.80. The van der Waals surface area contributed by atoms with E-state index in [2.05, 4.69) is 0 Å². The van der Waals surface area contributed by atoms with Crippen LogP contribution in [-0.2, 0) is 10.4 Å². The highest BCUT2D eigenvalue weighted by Gasteiger charge is 2.39. The van der Waals surface area contributed by atoms with E-state index in [1.807, 2.05) is 6.92 Å². The van der Waals surface area contributed by atoms with Gasteiger partial charge in [-0.2, -0.15) is 0 Å². The predicted octanol–water partition coefficient (Wildman–Crippen LogP) is 4.09. The Labute approximate surface area is 123 Å². The van der Waals surface area contributed by atoms with E-state index in [1.165, 1.54) is 13.0 Å². The molecule has 106 valence electrons. The Morgan fingerprint density at radius 2 is 2.05 bits per heavy atom. The summed E-state index contributed by atoms with van der Waals surface area (Å²) < 4.78 is 0. The molecule has 0 saturated heterocycles. The molecule has 2 unspecified atom stereocenters. The molecule has 0 spiro atoms. The Balaban J connectivity index is 3.17. The van der Waals surface area contributed by atoms with Crippen molar-refractivity contribution in [1.29, 1.82) is 0 Å². The average Bonchev–Trinajstić information content (AvgIpc) is 2.32. The first-order valence-electron chi connectivity index (χ1n) is 6.21. The molecule has 0 radical (unpaired) electrons. The first-order valence-corrected chi connectivity index (χ1v) is 6.97. The van der Waals surface area contributed by atoms with E-state index in [1.54, 1.807) is 12.1 Å². The zero-order valence-corrected chi connectivity index (χ0v) is 12.5. The van der Waals surface area contributed by atoms with Crippen molar-refractivity contribution in [3.05, 3.63) is 33.8 Å². The molecule has 2 atom stereocenters. The van der Waals surface area contributed by atoms with Gasteiger partial charge < -0.3 is 10.2 Å².